The number of hydrogen-bond donors (Lipinski definition) is 1. The first-order valence-corrected chi connectivity index (χ1v) is 7.77. The van der Waals surface area contributed by atoms with Gasteiger partial charge in [-0.2, -0.15) is 0 Å². The number of rotatable bonds is 7. The van der Waals surface area contributed by atoms with Crippen LogP contribution in [-0.4, -0.2) is 50.5 Å². The molecule has 1 saturated heterocycles. The van der Waals surface area contributed by atoms with Crippen LogP contribution in [-0.2, 0) is 11.3 Å². The fourth-order valence-electron chi connectivity index (χ4n) is 3.20. The number of aliphatic hydroxyl groups is 1. The highest BCUT2D eigenvalue weighted by Crippen LogP contribution is 2.34. The summed E-state index contributed by atoms with van der Waals surface area (Å²) in [6.45, 7) is 3.06. The largest absolute Gasteiger partial charge is 0.497 e. The van der Waals surface area contributed by atoms with Crippen LogP contribution in [0.15, 0.2) is 18.2 Å². The van der Waals surface area contributed by atoms with E-state index in [-0.39, 0.29) is 17.8 Å². The van der Waals surface area contributed by atoms with Crippen LogP contribution < -0.4 is 4.74 Å². The fraction of sp³-hybridized carbons (Fsp3) is 0.647. The minimum Gasteiger partial charge on any atom is -0.497 e. The monoisotopic (exact) mass is 311 g/mol. The van der Waals surface area contributed by atoms with Crippen LogP contribution in [0.5, 0.6) is 5.75 Å². The van der Waals surface area contributed by atoms with Crippen molar-refractivity contribution >= 4 is 0 Å². The van der Waals surface area contributed by atoms with E-state index in [2.05, 4.69) is 4.90 Å². The van der Waals surface area contributed by atoms with Crippen molar-refractivity contribution in [3.63, 3.8) is 0 Å². The highest BCUT2D eigenvalue weighted by molar-refractivity contribution is 5.28. The van der Waals surface area contributed by atoms with Crippen LogP contribution in [0.2, 0.25) is 0 Å². The van der Waals surface area contributed by atoms with Gasteiger partial charge in [0, 0.05) is 43.9 Å². The lowest BCUT2D eigenvalue weighted by Gasteiger charge is -2.42. The molecule has 2 rings (SSSR count). The van der Waals surface area contributed by atoms with Crippen LogP contribution in [0.3, 0.4) is 0 Å². The van der Waals surface area contributed by atoms with Gasteiger partial charge in [0.25, 0.3) is 0 Å². The molecule has 1 aliphatic rings. The number of ether oxygens (including phenoxy) is 2. The molecule has 124 valence electrons. The molecular weight excluding hydrogens is 285 g/mol. The van der Waals surface area contributed by atoms with Crippen molar-refractivity contribution in [2.24, 2.45) is 5.41 Å². The minimum atomic E-state index is -0.239. The van der Waals surface area contributed by atoms with Gasteiger partial charge in [-0.05, 0) is 31.9 Å². The zero-order valence-electron chi connectivity index (χ0n) is 13.5. The van der Waals surface area contributed by atoms with Crippen LogP contribution in [0.25, 0.3) is 0 Å². The standard InChI is InChI=1S/C17H26FNO3/c1-21-9-7-17(13-20)6-3-8-19(12-17)11-14-4-5-15(22-2)10-16(14)18/h4-5,10,20H,3,6-9,11-13H2,1-2H3. The smallest absolute Gasteiger partial charge is 0.131 e. The molecule has 1 aliphatic heterocycles. The van der Waals surface area contributed by atoms with Gasteiger partial charge >= 0.3 is 0 Å². The maximum absolute atomic E-state index is 14.1. The van der Waals surface area contributed by atoms with E-state index in [0.29, 0.717) is 24.5 Å². The van der Waals surface area contributed by atoms with E-state index < -0.39 is 0 Å². The topological polar surface area (TPSA) is 41.9 Å². The number of piperidine rings is 1. The lowest BCUT2D eigenvalue weighted by atomic mass is 9.78. The van der Waals surface area contributed by atoms with Crippen molar-refractivity contribution in [1.29, 1.82) is 0 Å². The average Bonchev–Trinajstić information content (AvgIpc) is 2.55. The maximum atomic E-state index is 14.1. The van der Waals surface area contributed by atoms with E-state index in [0.717, 1.165) is 32.4 Å². The van der Waals surface area contributed by atoms with Crippen LogP contribution in [0.4, 0.5) is 4.39 Å². The predicted molar refractivity (Wildman–Crippen MR) is 83.5 cm³/mol. The van der Waals surface area contributed by atoms with Gasteiger partial charge in [-0.15, -0.1) is 0 Å². The molecule has 0 bridgehead atoms. The van der Waals surface area contributed by atoms with Gasteiger partial charge in [0.05, 0.1) is 13.7 Å². The van der Waals surface area contributed by atoms with Crippen LogP contribution in [0.1, 0.15) is 24.8 Å². The summed E-state index contributed by atoms with van der Waals surface area (Å²) in [5, 5.41) is 9.80. The highest BCUT2D eigenvalue weighted by Gasteiger charge is 2.34. The number of benzene rings is 1. The molecule has 0 aliphatic carbocycles. The molecule has 1 N–H and O–H groups in total. The van der Waals surface area contributed by atoms with Crippen molar-refractivity contribution in [3.8, 4) is 5.75 Å². The van der Waals surface area contributed by atoms with Crippen molar-refractivity contribution in [2.75, 3.05) is 40.5 Å². The predicted octanol–water partition coefficient (Wildman–Crippen LogP) is 2.45. The Morgan fingerprint density at radius 1 is 1.36 bits per heavy atom. The van der Waals surface area contributed by atoms with Crippen molar-refractivity contribution in [2.45, 2.75) is 25.8 Å². The summed E-state index contributed by atoms with van der Waals surface area (Å²) in [5.41, 5.74) is 0.540. The van der Waals surface area contributed by atoms with Crippen molar-refractivity contribution < 1.29 is 19.0 Å². The Morgan fingerprint density at radius 2 is 2.18 bits per heavy atom. The number of halogens is 1. The summed E-state index contributed by atoms with van der Waals surface area (Å²) in [6, 6.07) is 4.98. The molecule has 0 aromatic heterocycles. The van der Waals surface area contributed by atoms with Gasteiger partial charge in [0.2, 0.25) is 0 Å². The second-order valence-electron chi connectivity index (χ2n) is 6.17. The molecule has 5 heteroatoms. The molecule has 1 aromatic carbocycles. The van der Waals surface area contributed by atoms with Gasteiger partial charge in [-0.25, -0.2) is 4.39 Å². The van der Waals surface area contributed by atoms with Crippen molar-refractivity contribution in [3.05, 3.63) is 29.6 Å². The normalized spacial score (nSPS) is 22.7. The molecular formula is C17H26FNO3. The van der Waals surface area contributed by atoms with Crippen molar-refractivity contribution in [1.82, 2.24) is 4.90 Å². The lowest BCUT2D eigenvalue weighted by molar-refractivity contribution is 0.00445. The zero-order chi connectivity index (χ0) is 16.0. The van der Waals surface area contributed by atoms with Gasteiger partial charge < -0.3 is 14.6 Å². The molecule has 1 heterocycles. The highest BCUT2D eigenvalue weighted by atomic mass is 19.1. The molecule has 4 nitrogen and oxygen atoms in total. The molecule has 0 saturated carbocycles. The quantitative estimate of drug-likeness (QED) is 0.840. The number of methoxy groups -OCH3 is 2. The molecule has 1 fully saturated rings. The third-order valence-electron chi connectivity index (χ3n) is 4.57. The maximum Gasteiger partial charge on any atom is 0.131 e. The first-order valence-electron chi connectivity index (χ1n) is 7.77. The second-order valence-corrected chi connectivity index (χ2v) is 6.17. The van der Waals surface area contributed by atoms with E-state index in [1.165, 1.54) is 13.2 Å². The number of nitrogens with zero attached hydrogens (tertiary/aromatic N) is 1. The van der Waals surface area contributed by atoms with Gasteiger partial charge in [0.1, 0.15) is 11.6 Å². The first kappa shape index (κ1) is 17.2. The molecule has 0 amide bonds. The Balaban J connectivity index is 2.03. The van der Waals surface area contributed by atoms with Crippen LogP contribution in [0, 0.1) is 11.2 Å². The Kier molecular flexibility index (Phi) is 6.17. The Morgan fingerprint density at radius 3 is 2.82 bits per heavy atom. The third-order valence-corrected chi connectivity index (χ3v) is 4.57. The molecule has 1 aromatic rings. The Labute approximate surface area is 131 Å². The Bertz CT molecular complexity index is 483. The molecule has 22 heavy (non-hydrogen) atoms. The first-order chi connectivity index (χ1) is 10.6. The van der Waals surface area contributed by atoms with E-state index >= 15 is 0 Å². The fourth-order valence-corrected chi connectivity index (χ4v) is 3.20. The summed E-state index contributed by atoms with van der Waals surface area (Å²) in [6.07, 6.45) is 2.85. The van der Waals surface area contributed by atoms with Gasteiger partial charge in [-0.3, -0.25) is 4.90 Å². The molecule has 1 unspecified atom stereocenters. The molecule has 0 spiro atoms. The van der Waals surface area contributed by atoms with Gasteiger partial charge in [0.15, 0.2) is 0 Å². The van der Waals surface area contributed by atoms with E-state index in [1.807, 2.05) is 0 Å². The van der Waals surface area contributed by atoms with Gasteiger partial charge in [-0.1, -0.05) is 6.07 Å². The summed E-state index contributed by atoms with van der Waals surface area (Å²) in [5.74, 6) is 0.293. The number of aliphatic hydroxyl groups excluding tert-OH is 1. The summed E-state index contributed by atoms with van der Waals surface area (Å²) in [4.78, 5) is 2.22. The molecule has 1 atom stereocenters. The third kappa shape index (κ3) is 4.18. The van der Waals surface area contributed by atoms with Crippen LogP contribution >= 0.6 is 0 Å². The number of likely N-dealkylation sites (tertiary alicyclic amines) is 1. The summed E-state index contributed by atoms with van der Waals surface area (Å²) < 4.78 is 24.3. The average molecular weight is 311 g/mol. The lowest BCUT2D eigenvalue weighted by Crippen LogP contribution is -2.45. The summed E-state index contributed by atoms with van der Waals surface area (Å²) in [7, 11) is 3.21. The van der Waals surface area contributed by atoms with E-state index in [1.54, 1.807) is 19.2 Å². The van der Waals surface area contributed by atoms with E-state index in [9.17, 15) is 9.50 Å². The van der Waals surface area contributed by atoms with E-state index in [4.69, 9.17) is 9.47 Å². The SMILES string of the molecule is COCCC1(CO)CCCN(Cc2ccc(OC)cc2F)C1. The number of hydrogen-bond acceptors (Lipinski definition) is 4. The zero-order valence-corrected chi connectivity index (χ0v) is 13.5. The minimum absolute atomic E-state index is 0.128. The molecule has 0 radical (unpaired) electrons. The second kappa shape index (κ2) is 7.90. The Hall–Kier alpha value is -1.17. The summed E-state index contributed by atoms with van der Waals surface area (Å²) >= 11 is 0.